The van der Waals surface area contributed by atoms with Crippen LogP contribution in [0, 0.1) is 6.92 Å². The topological polar surface area (TPSA) is 26.3 Å². The molecular weight excluding hydrogens is 248 g/mol. The highest BCUT2D eigenvalue weighted by Gasteiger charge is 2.06. The van der Waals surface area contributed by atoms with Crippen molar-refractivity contribution in [1.29, 1.82) is 0 Å². The maximum atomic E-state index is 12.0. The van der Waals surface area contributed by atoms with E-state index < -0.39 is 0 Å². The van der Waals surface area contributed by atoms with E-state index in [1.807, 2.05) is 43.3 Å². The lowest BCUT2D eigenvalue weighted by atomic mass is 10.1. The maximum Gasteiger partial charge on any atom is 0.200 e. The van der Waals surface area contributed by atoms with Crippen molar-refractivity contribution in [2.75, 3.05) is 6.61 Å². The van der Waals surface area contributed by atoms with Gasteiger partial charge in [-0.05, 0) is 37.1 Å². The molecule has 0 bridgehead atoms. The number of aryl methyl sites for hydroxylation is 2. The molecule has 0 amide bonds. The summed E-state index contributed by atoms with van der Waals surface area (Å²) >= 11 is 0. The maximum absolute atomic E-state index is 12.0. The second-order valence-corrected chi connectivity index (χ2v) is 4.98. The minimum Gasteiger partial charge on any atom is -0.485 e. The number of hydrogen-bond donors (Lipinski definition) is 0. The first-order chi connectivity index (χ1) is 9.69. The molecule has 0 spiro atoms. The Morgan fingerprint density at radius 1 is 1.10 bits per heavy atom. The average molecular weight is 268 g/mol. The van der Waals surface area contributed by atoms with Crippen molar-refractivity contribution in [2.45, 2.75) is 26.7 Å². The zero-order valence-electron chi connectivity index (χ0n) is 12.1. The van der Waals surface area contributed by atoms with E-state index in [-0.39, 0.29) is 12.4 Å². The van der Waals surface area contributed by atoms with E-state index in [0.29, 0.717) is 5.56 Å². The minimum absolute atomic E-state index is 0.00587. The number of hydrogen-bond acceptors (Lipinski definition) is 2. The third-order valence-electron chi connectivity index (χ3n) is 3.17. The molecule has 0 atom stereocenters. The molecule has 20 heavy (non-hydrogen) atoms. The number of Topliss-reactive ketones (excluding diaryl/α,β-unsaturated/α-hetero) is 1. The Balaban J connectivity index is 1.93. The molecule has 0 heterocycles. The molecule has 0 aliphatic carbocycles. The van der Waals surface area contributed by atoms with Crippen molar-refractivity contribution in [3.05, 3.63) is 65.2 Å². The van der Waals surface area contributed by atoms with Gasteiger partial charge in [0, 0.05) is 5.56 Å². The predicted octanol–water partition coefficient (Wildman–Crippen LogP) is 4.21. The van der Waals surface area contributed by atoms with Gasteiger partial charge in [-0.3, -0.25) is 4.79 Å². The second-order valence-electron chi connectivity index (χ2n) is 4.98. The fourth-order valence-electron chi connectivity index (χ4n) is 2.09. The van der Waals surface area contributed by atoms with Gasteiger partial charge in [-0.2, -0.15) is 0 Å². The summed E-state index contributed by atoms with van der Waals surface area (Å²) in [5, 5.41) is 0. The summed E-state index contributed by atoms with van der Waals surface area (Å²) in [5.41, 5.74) is 3.08. The van der Waals surface area contributed by atoms with Crippen molar-refractivity contribution in [2.24, 2.45) is 0 Å². The van der Waals surface area contributed by atoms with E-state index in [2.05, 4.69) is 19.1 Å². The zero-order chi connectivity index (χ0) is 14.4. The van der Waals surface area contributed by atoms with Crippen molar-refractivity contribution >= 4 is 5.78 Å². The highest BCUT2D eigenvalue weighted by molar-refractivity contribution is 5.97. The van der Waals surface area contributed by atoms with E-state index in [0.717, 1.165) is 24.2 Å². The van der Waals surface area contributed by atoms with Crippen LogP contribution in [-0.4, -0.2) is 12.4 Å². The first-order valence-electron chi connectivity index (χ1n) is 7.00. The van der Waals surface area contributed by atoms with Crippen LogP contribution in [0.15, 0.2) is 48.5 Å². The Kier molecular flexibility index (Phi) is 4.94. The highest BCUT2D eigenvalue weighted by atomic mass is 16.5. The monoisotopic (exact) mass is 268 g/mol. The number of carbonyl (C=O) groups excluding carboxylic acids is 1. The lowest BCUT2D eigenvalue weighted by Crippen LogP contribution is -2.11. The summed E-state index contributed by atoms with van der Waals surface area (Å²) in [4.78, 5) is 12.0. The Hall–Kier alpha value is -2.09. The van der Waals surface area contributed by atoms with Crippen LogP contribution < -0.4 is 4.74 Å². The Morgan fingerprint density at radius 2 is 1.85 bits per heavy atom. The molecule has 0 N–H and O–H groups in total. The summed E-state index contributed by atoms with van der Waals surface area (Å²) < 4.78 is 5.55. The van der Waals surface area contributed by atoms with E-state index in [1.165, 1.54) is 5.56 Å². The molecule has 0 unspecified atom stereocenters. The van der Waals surface area contributed by atoms with Crippen molar-refractivity contribution < 1.29 is 9.53 Å². The van der Waals surface area contributed by atoms with Gasteiger partial charge in [-0.15, -0.1) is 0 Å². The lowest BCUT2D eigenvalue weighted by molar-refractivity contribution is 0.0921. The van der Waals surface area contributed by atoms with Gasteiger partial charge in [-0.25, -0.2) is 0 Å². The van der Waals surface area contributed by atoms with Crippen molar-refractivity contribution in [3.8, 4) is 5.75 Å². The van der Waals surface area contributed by atoms with Gasteiger partial charge in [0.1, 0.15) is 5.75 Å². The summed E-state index contributed by atoms with van der Waals surface area (Å²) in [5.74, 6) is 0.747. The molecule has 2 heteroatoms. The Bertz CT molecular complexity index is 570. The van der Waals surface area contributed by atoms with Crippen LogP contribution >= 0.6 is 0 Å². The van der Waals surface area contributed by atoms with Gasteiger partial charge in [0.2, 0.25) is 0 Å². The standard InChI is InChI=1S/C18H20O2/c1-3-5-15-8-10-17(11-9-15)20-13-18(19)16-7-4-6-14(2)12-16/h4,6-12H,3,5,13H2,1-2H3. The van der Waals surface area contributed by atoms with Crippen LogP contribution in [0.25, 0.3) is 0 Å². The molecule has 104 valence electrons. The van der Waals surface area contributed by atoms with Crippen LogP contribution in [0.2, 0.25) is 0 Å². The molecule has 0 radical (unpaired) electrons. The van der Waals surface area contributed by atoms with Crippen molar-refractivity contribution in [1.82, 2.24) is 0 Å². The third-order valence-corrected chi connectivity index (χ3v) is 3.17. The number of ether oxygens (including phenoxy) is 1. The summed E-state index contributed by atoms with van der Waals surface area (Å²) in [7, 11) is 0. The summed E-state index contributed by atoms with van der Waals surface area (Å²) in [6, 6.07) is 15.5. The van der Waals surface area contributed by atoms with Crippen LogP contribution in [-0.2, 0) is 6.42 Å². The molecule has 2 aromatic carbocycles. The Labute approximate surface area is 120 Å². The SMILES string of the molecule is CCCc1ccc(OCC(=O)c2cccc(C)c2)cc1. The average Bonchev–Trinajstić information content (AvgIpc) is 2.46. The fraction of sp³-hybridized carbons (Fsp3) is 0.278. The zero-order valence-corrected chi connectivity index (χ0v) is 12.1. The minimum atomic E-state index is 0.00587. The number of rotatable bonds is 6. The fourth-order valence-corrected chi connectivity index (χ4v) is 2.09. The van der Waals surface area contributed by atoms with E-state index in [9.17, 15) is 4.79 Å². The van der Waals surface area contributed by atoms with Gasteiger partial charge in [0.25, 0.3) is 0 Å². The first kappa shape index (κ1) is 14.3. The number of benzene rings is 2. The van der Waals surface area contributed by atoms with Crippen LogP contribution in [0.5, 0.6) is 5.75 Å². The normalized spacial score (nSPS) is 10.3. The van der Waals surface area contributed by atoms with Crippen LogP contribution in [0.1, 0.15) is 34.8 Å². The molecule has 0 saturated carbocycles. The first-order valence-corrected chi connectivity index (χ1v) is 7.00. The van der Waals surface area contributed by atoms with Gasteiger partial charge >= 0.3 is 0 Å². The van der Waals surface area contributed by atoms with Gasteiger partial charge in [0.15, 0.2) is 12.4 Å². The van der Waals surface area contributed by atoms with Gasteiger partial charge < -0.3 is 4.74 Å². The molecule has 0 aliphatic rings. The third kappa shape index (κ3) is 3.95. The molecule has 2 rings (SSSR count). The van der Waals surface area contributed by atoms with Gasteiger partial charge in [-0.1, -0.05) is 49.2 Å². The lowest BCUT2D eigenvalue weighted by Gasteiger charge is -2.07. The molecule has 0 fully saturated rings. The molecule has 0 aliphatic heterocycles. The molecular formula is C18H20O2. The van der Waals surface area contributed by atoms with E-state index in [1.54, 1.807) is 0 Å². The second kappa shape index (κ2) is 6.90. The molecule has 2 nitrogen and oxygen atoms in total. The predicted molar refractivity (Wildman–Crippen MR) is 81.4 cm³/mol. The van der Waals surface area contributed by atoms with E-state index >= 15 is 0 Å². The van der Waals surface area contributed by atoms with Gasteiger partial charge in [0.05, 0.1) is 0 Å². The number of ketones is 1. The number of carbonyl (C=O) groups is 1. The van der Waals surface area contributed by atoms with Crippen molar-refractivity contribution in [3.63, 3.8) is 0 Å². The molecule has 0 aromatic heterocycles. The smallest absolute Gasteiger partial charge is 0.200 e. The van der Waals surface area contributed by atoms with Crippen LogP contribution in [0.3, 0.4) is 0 Å². The summed E-state index contributed by atoms with van der Waals surface area (Å²) in [6.07, 6.45) is 2.20. The quantitative estimate of drug-likeness (QED) is 0.734. The molecule has 2 aromatic rings. The van der Waals surface area contributed by atoms with Crippen LogP contribution in [0.4, 0.5) is 0 Å². The van der Waals surface area contributed by atoms with E-state index in [4.69, 9.17) is 4.74 Å². The summed E-state index contributed by atoms with van der Waals surface area (Å²) in [6.45, 7) is 4.21. The largest absolute Gasteiger partial charge is 0.485 e. The highest BCUT2D eigenvalue weighted by Crippen LogP contribution is 2.14. The Morgan fingerprint density at radius 3 is 2.50 bits per heavy atom. The molecule has 0 saturated heterocycles.